The van der Waals surface area contributed by atoms with E-state index >= 15 is 0 Å². The number of esters is 1. The smallest absolute Gasteiger partial charge is 0.308 e. The van der Waals surface area contributed by atoms with Crippen molar-refractivity contribution in [3.63, 3.8) is 0 Å². The molecule has 0 saturated carbocycles. The van der Waals surface area contributed by atoms with Gasteiger partial charge >= 0.3 is 11.9 Å². The number of rotatable bonds is 10. The zero-order valence-corrected chi connectivity index (χ0v) is 18.7. The Morgan fingerprint density at radius 1 is 1.23 bits per heavy atom. The minimum atomic E-state index is -1.07. The monoisotopic (exact) mass is 422 g/mol. The van der Waals surface area contributed by atoms with Gasteiger partial charge in [-0.1, -0.05) is 45.9 Å². The van der Waals surface area contributed by atoms with Crippen LogP contribution in [0.1, 0.15) is 66.2 Å². The van der Waals surface area contributed by atoms with Gasteiger partial charge in [-0.25, -0.2) is 0 Å². The molecule has 170 valence electrons. The molecule has 2 rings (SSSR count). The molecule has 8 atom stereocenters. The summed E-state index contributed by atoms with van der Waals surface area (Å²) in [7, 11) is 0. The average molecular weight is 423 g/mol. The van der Waals surface area contributed by atoms with Crippen molar-refractivity contribution in [1.29, 1.82) is 0 Å². The minimum Gasteiger partial charge on any atom is -0.481 e. The van der Waals surface area contributed by atoms with Crippen molar-refractivity contribution in [2.75, 3.05) is 0 Å². The van der Waals surface area contributed by atoms with Crippen molar-refractivity contribution < 1.29 is 29.6 Å². The highest BCUT2D eigenvalue weighted by molar-refractivity contribution is 5.72. The third-order valence-electron chi connectivity index (χ3n) is 6.67. The molecule has 2 aliphatic carbocycles. The summed E-state index contributed by atoms with van der Waals surface area (Å²) in [4.78, 5) is 23.2. The van der Waals surface area contributed by atoms with Crippen molar-refractivity contribution in [3.8, 4) is 0 Å². The summed E-state index contributed by atoms with van der Waals surface area (Å²) < 4.78 is 6.00. The molecule has 0 aliphatic heterocycles. The normalized spacial score (nSPS) is 31.3. The molecule has 2 aliphatic rings. The zero-order valence-electron chi connectivity index (χ0n) is 18.7. The molecule has 0 aromatic rings. The van der Waals surface area contributed by atoms with Crippen molar-refractivity contribution >= 4 is 11.9 Å². The SMILES string of the molecule is CC[C@H](C)C(=O)O[C@H]1CC(C)C=C2C=C[C@H](C)[C@H](CC[C@@H](O)C[C@@H](O)CC(=O)O)C21. The molecule has 0 aromatic heterocycles. The number of carboxylic acid groups (broad SMARTS) is 1. The largest absolute Gasteiger partial charge is 0.481 e. The molecular weight excluding hydrogens is 384 g/mol. The van der Waals surface area contributed by atoms with Crippen LogP contribution in [-0.4, -0.2) is 45.6 Å². The molecule has 6 nitrogen and oxygen atoms in total. The Bertz CT molecular complexity index is 654. The first kappa shape index (κ1) is 24.6. The first-order chi connectivity index (χ1) is 14.1. The fourth-order valence-electron chi connectivity index (χ4n) is 4.76. The molecule has 0 saturated heterocycles. The number of ether oxygens (including phenoxy) is 1. The maximum atomic E-state index is 12.5. The first-order valence-electron chi connectivity index (χ1n) is 11.3. The minimum absolute atomic E-state index is 0.0556. The van der Waals surface area contributed by atoms with Gasteiger partial charge < -0.3 is 20.1 Å². The van der Waals surface area contributed by atoms with E-state index in [1.54, 1.807) is 0 Å². The lowest BCUT2D eigenvalue weighted by atomic mass is 9.65. The van der Waals surface area contributed by atoms with E-state index < -0.39 is 18.2 Å². The molecule has 0 spiro atoms. The molecule has 2 unspecified atom stereocenters. The molecule has 0 radical (unpaired) electrons. The predicted octanol–water partition coefficient (Wildman–Crippen LogP) is 3.72. The van der Waals surface area contributed by atoms with Crippen LogP contribution >= 0.6 is 0 Å². The Hall–Kier alpha value is -1.66. The number of carbonyl (C=O) groups is 2. The summed E-state index contributed by atoms with van der Waals surface area (Å²) >= 11 is 0. The van der Waals surface area contributed by atoms with Crippen molar-refractivity contribution in [1.82, 2.24) is 0 Å². The number of aliphatic hydroxyl groups excluding tert-OH is 2. The molecular formula is C24H38O6. The van der Waals surface area contributed by atoms with E-state index in [0.29, 0.717) is 12.3 Å². The molecule has 30 heavy (non-hydrogen) atoms. The van der Waals surface area contributed by atoms with Crippen molar-refractivity contribution in [2.24, 2.45) is 29.6 Å². The second-order valence-corrected chi connectivity index (χ2v) is 9.29. The van der Waals surface area contributed by atoms with E-state index in [0.717, 1.165) is 19.3 Å². The van der Waals surface area contributed by atoms with Gasteiger partial charge in [-0.3, -0.25) is 9.59 Å². The highest BCUT2D eigenvalue weighted by Gasteiger charge is 2.41. The van der Waals surface area contributed by atoms with E-state index in [1.165, 1.54) is 5.57 Å². The van der Waals surface area contributed by atoms with E-state index in [9.17, 15) is 19.8 Å². The third kappa shape index (κ3) is 6.67. The summed E-state index contributed by atoms with van der Waals surface area (Å²) in [5.41, 5.74) is 1.21. The van der Waals surface area contributed by atoms with Crippen LogP contribution in [0.3, 0.4) is 0 Å². The summed E-state index contributed by atoms with van der Waals surface area (Å²) in [5, 5.41) is 28.9. The van der Waals surface area contributed by atoms with Gasteiger partial charge in [0.1, 0.15) is 6.10 Å². The van der Waals surface area contributed by atoms with Gasteiger partial charge in [0, 0.05) is 5.92 Å². The number of hydrogen-bond donors (Lipinski definition) is 3. The predicted molar refractivity (Wildman–Crippen MR) is 115 cm³/mol. The molecule has 0 fully saturated rings. The molecule has 0 amide bonds. The van der Waals surface area contributed by atoms with Crippen molar-refractivity contribution in [3.05, 3.63) is 23.8 Å². The quantitative estimate of drug-likeness (QED) is 0.464. The zero-order chi connectivity index (χ0) is 22.4. The summed E-state index contributed by atoms with van der Waals surface area (Å²) in [6, 6.07) is 0. The Morgan fingerprint density at radius 2 is 1.93 bits per heavy atom. The van der Waals surface area contributed by atoms with Crippen LogP contribution in [0.2, 0.25) is 0 Å². The van der Waals surface area contributed by atoms with Gasteiger partial charge in [0.05, 0.1) is 24.5 Å². The van der Waals surface area contributed by atoms with Gasteiger partial charge in [0.15, 0.2) is 0 Å². The lowest BCUT2D eigenvalue weighted by Crippen LogP contribution is -2.41. The second-order valence-electron chi connectivity index (χ2n) is 9.29. The van der Waals surface area contributed by atoms with Crippen LogP contribution in [0.15, 0.2) is 23.8 Å². The second kappa shape index (κ2) is 11.1. The van der Waals surface area contributed by atoms with E-state index in [4.69, 9.17) is 9.84 Å². The van der Waals surface area contributed by atoms with Gasteiger partial charge in [0.25, 0.3) is 0 Å². The number of aliphatic hydroxyl groups is 2. The van der Waals surface area contributed by atoms with Crippen LogP contribution < -0.4 is 0 Å². The molecule has 6 heteroatoms. The summed E-state index contributed by atoms with van der Waals surface area (Å²) in [5.74, 6) is -0.406. The lowest BCUT2D eigenvalue weighted by Gasteiger charge is -2.43. The van der Waals surface area contributed by atoms with Gasteiger partial charge in [0.2, 0.25) is 0 Å². The fourth-order valence-corrected chi connectivity index (χ4v) is 4.76. The average Bonchev–Trinajstić information content (AvgIpc) is 2.65. The van der Waals surface area contributed by atoms with Gasteiger partial charge in [-0.15, -0.1) is 0 Å². The number of aliphatic carboxylic acids is 1. The van der Waals surface area contributed by atoms with E-state index in [-0.39, 0.29) is 48.6 Å². The Kier molecular flexibility index (Phi) is 9.10. The fraction of sp³-hybridized carbons (Fsp3) is 0.750. The Morgan fingerprint density at radius 3 is 2.57 bits per heavy atom. The van der Waals surface area contributed by atoms with Crippen LogP contribution in [-0.2, 0) is 14.3 Å². The molecule has 0 bridgehead atoms. The number of carbonyl (C=O) groups excluding carboxylic acids is 1. The maximum Gasteiger partial charge on any atom is 0.308 e. The maximum absolute atomic E-state index is 12.5. The number of fused-ring (bicyclic) bond motifs is 1. The summed E-state index contributed by atoms with van der Waals surface area (Å²) in [6.07, 6.45) is 7.07. The highest BCUT2D eigenvalue weighted by Crippen LogP contribution is 2.45. The Balaban J connectivity index is 2.09. The van der Waals surface area contributed by atoms with Crippen molar-refractivity contribution in [2.45, 2.75) is 84.5 Å². The number of hydrogen-bond acceptors (Lipinski definition) is 5. The standard InChI is InChI=1S/C24H38O6/c1-5-15(3)24(29)30-21-11-14(2)10-17-7-6-16(4)20(23(17)21)9-8-18(25)12-19(26)13-22(27)28/h6-7,10,14-16,18-21,23,25-26H,5,8-9,11-13H2,1-4H3,(H,27,28)/t14?,15-,16-,18+,19+,20-,21-,23?/m0/s1. The van der Waals surface area contributed by atoms with Crippen LogP contribution in [0.4, 0.5) is 0 Å². The van der Waals surface area contributed by atoms with E-state index in [2.05, 4.69) is 32.1 Å². The van der Waals surface area contributed by atoms with Crippen LogP contribution in [0.25, 0.3) is 0 Å². The highest BCUT2D eigenvalue weighted by atomic mass is 16.5. The molecule has 0 aromatic carbocycles. The van der Waals surface area contributed by atoms with Gasteiger partial charge in [-0.05, 0) is 55.4 Å². The number of allylic oxidation sites excluding steroid dienone is 3. The lowest BCUT2D eigenvalue weighted by molar-refractivity contribution is -0.158. The number of carboxylic acids is 1. The third-order valence-corrected chi connectivity index (χ3v) is 6.67. The first-order valence-corrected chi connectivity index (χ1v) is 11.3. The Labute approximate surface area is 180 Å². The van der Waals surface area contributed by atoms with Crippen LogP contribution in [0.5, 0.6) is 0 Å². The van der Waals surface area contributed by atoms with Crippen LogP contribution in [0, 0.1) is 29.6 Å². The van der Waals surface area contributed by atoms with Gasteiger partial charge in [-0.2, -0.15) is 0 Å². The molecule has 0 heterocycles. The van der Waals surface area contributed by atoms with E-state index in [1.807, 2.05) is 13.8 Å². The molecule has 3 N–H and O–H groups in total. The topological polar surface area (TPSA) is 104 Å². The summed E-state index contributed by atoms with van der Waals surface area (Å²) in [6.45, 7) is 8.16.